The third-order valence-corrected chi connectivity index (χ3v) is 3.04. The van der Waals surface area contributed by atoms with Crippen molar-refractivity contribution in [3.05, 3.63) is 53.6 Å². The summed E-state index contributed by atoms with van der Waals surface area (Å²) in [6.07, 6.45) is 1.27. The normalized spacial score (nSPS) is 10.5. The van der Waals surface area contributed by atoms with Crippen LogP contribution in [-0.4, -0.2) is 30.4 Å². The number of nitrogens with two attached hydrogens (primary N) is 1. The molecule has 4 N–H and O–H groups in total. The van der Waals surface area contributed by atoms with Gasteiger partial charge in [0.15, 0.2) is 0 Å². The van der Waals surface area contributed by atoms with Crippen LogP contribution >= 0.6 is 0 Å². The number of carbonyl (C=O) groups is 2. The first-order valence-corrected chi connectivity index (χ1v) is 6.62. The number of ether oxygens (including phenoxy) is 1. The average molecular weight is 313 g/mol. The Morgan fingerprint density at radius 2 is 2.00 bits per heavy atom. The van der Waals surface area contributed by atoms with E-state index in [9.17, 15) is 14.7 Å². The smallest absolute Gasteiger partial charge is 0.337 e. The molecule has 0 heterocycles. The molecule has 7 nitrogen and oxygen atoms in total. The molecule has 0 atom stereocenters. The maximum atomic E-state index is 11.6. The Kier molecular flexibility index (Phi) is 4.93. The van der Waals surface area contributed by atoms with Crippen LogP contribution in [0.1, 0.15) is 15.9 Å². The number of amides is 2. The second-order valence-electron chi connectivity index (χ2n) is 4.55. The van der Waals surface area contributed by atoms with E-state index in [0.717, 1.165) is 0 Å². The number of hydrazone groups is 1. The van der Waals surface area contributed by atoms with Crippen LogP contribution in [0.4, 0.5) is 4.79 Å². The van der Waals surface area contributed by atoms with E-state index in [1.165, 1.54) is 13.3 Å². The second kappa shape index (κ2) is 7.08. The maximum Gasteiger partial charge on any atom is 0.337 e. The summed E-state index contributed by atoms with van der Waals surface area (Å²) in [6, 6.07) is 10.9. The molecular formula is C16H15N3O4. The number of para-hydroxylation sites is 1. The minimum absolute atomic E-state index is 0.0375. The lowest BCUT2D eigenvalue weighted by atomic mass is 10.00. The lowest BCUT2D eigenvalue weighted by Crippen LogP contribution is -2.24. The third-order valence-electron chi connectivity index (χ3n) is 3.04. The molecule has 2 rings (SSSR count). The van der Waals surface area contributed by atoms with Crippen LogP contribution in [0.5, 0.6) is 5.75 Å². The molecule has 0 unspecified atom stereocenters. The van der Waals surface area contributed by atoms with E-state index >= 15 is 0 Å². The molecule has 2 aromatic carbocycles. The second-order valence-corrected chi connectivity index (χ2v) is 4.55. The number of hydrogen-bond donors (Lipinski definition) is 3. The van der Waals surface area contributed by atoms with Gasteiger partial charge in [0.25, 0.3) is 0 Å². The molecule has 118 valence electrons. The molecule has 0 bridgehead atoms. The number of primary amides is 1. The highest BCUT2D eigenvalue weighted by molar-refractivity contribution is 5.93. The van der Waals surface area contributed by atoms with Crippen LogP contribution in [0.25, 0.3) is 11.1 Å². The van der Waals surface area contributed by atoms with Gasteiger partial charge in [-0.15, -0.1) is 0 Å². The monoisotopic (exact) mass is 313 g/mol. The number of rotatable bonds is 4. The molecule has 0 fully saturated rings. The number of aromatic hydroxyl groups is 1. The predicted octanol–water partition coefficient (Wildman–Crippen LogP) is 1.85. The van der Waals surface area contributed by atoms with Gasteiger partial charge in [-0.25, -0.2) is 15.0 Å². The van der Waals surface area contributed by atoms with Crippen LogP contribution < -0.4 is 11.2 Å². The molecular weight excluding hydrogens is 298 g/mol. The van der Waals surface area contributed by atoms with Gasteiger partial charge in [-0.3, -0.25) is 0 Å². The summed E-state index contributed by atoms with van der Waals surface area (Å²) in [5, 5.41) is 14.0. The fourth-order valence-electron chi connectivity index (χ4n) is 2.00. The van der Waals surface area contributed by atoms with Crippen molar-refractivity contribution in [1.82, 2.24) is 5.43 Å². The van der Waals surface area contributed by atoms with Crippen LogP contribution in [0, 0.1) is 0 Å². The number of nitrogens with one attached hydrogen (secondary N) is 1. The number of carbonyl (C=O) groups excluding carboxylic acids is 2. The van der Waals surface area contributed by atoms with E-state index in [2.05, 4.69) is 9.84 Å². The summed E-state index contributed by atoms with van der Waals surface area (Å²) in [6.45, 7) is 0. The van der Waals surface area contributed by atoms with Crippen molar-refractivity contribution in [2.45, 2.75) is 0 Å². The maximum absolute atomic E-state index is 11.6. The van der Waals surface area contributed by atoms with Crippen molar-refractivity contribution in [3.63, 3.8) is 0 Å². The fourth-order valence-corrected chi connectivity index (χ4v) is 2.00. The molecule has 23 heavy (non-hydrogen) atoms. The summed E-state index contributed by atoms with van der Waals surface area (Å²) in [5.41, 5.74) is 8.87. The number of hydrogen-bond acceptors (Lipinski definition) is 5. The van der Waals surface area contributed by atoms with Gasteiger partial charge in [0.1, 0.15) is 5.75 Å². The molecule has 7 heteroatoms. The zero-order valence-electron chi connectivity index (χ0n) is 12.3. The first-order chi connectivity index (χ1) is 11.0. The lowest BCUT2D eigenvalue weighted by Gasteiger charge is -2.08. The Balaban J connectivity index is 2.39. The molecule has 2 amide bonds. The molecule has 0 saturated carbocycles. The third kappa shape index (κ3) is 3.85. The standard InChI is InChI=1S/C16H15N3O4/c1-23-15(21)11-5-2-4-10(8-11)13-7-3-6-12(14(13)20)9-18-19-16(17)22/h2-9,20H,1H3,(H3,17,19,22). The largest absolute Gasteiger partial charge is 0.507 e. The van der Waals surface area contributed by atoms with Gasteiger partial charge >= 0.3 is 12.0 Å². The van der Waals surface area contributed by atoms with Crippen molar-refractivity contribution >= 4 is 18.2 Å². The van der Waals surface area contributed by atoms with Gasteiger partial charge in [-0.05, 0) is 23.8 Å². The Bertz CT molecular complexity index is 772. The van der Waals surface area contributed by atoms with Crippen molar-refractivity contribution in [1.29, 1.82) is 0 Å². The Morgan fingerprint density at radius 3 is 2.70 bits per heavy atom. The molecule has 2 aromatic rings. The van der Waals surface area contributed by atoms with Crippen molar-refractivity contribution < 1.29 is 19.4 Å². The van der Waals surface area contributed by atoms with E-state index < -0.39 is 12.0 Å². The molecule has 0 saturated heterocycles. The Morgan fingerprint density at radius 1 is 1.26 bits per heavy atom. The molecule has 0 aliphatic rings. The minimum Gasteiger partial charge on any atom is -0.507 e. The van der Waals surface area contributed by atoms with E-state index in [0.29, 0.717) is 22.3 Å². The number of methoxy groups -OCH3 is 1. The highest BCUT2D eigenvalue weighted by Gasteiger charge is 2.11. The van der Waals surface area contributed by atoms with Gasteiger partial charge in [-0.2, -0.15) is 5.10 Å². The van der Waals surface area contributed by atoms with Crippen molar-refractivity contribution in [2.75, 3.05) is 7.11 Å². The van der Waals surface area contributed by atoms with Crippen LogP contribution in [0.3, 0.4) is 0 Å². The lowest BCUT2D eigenvalue weighted by molar-refractivity contribution is 0.0600. The van der Waals surface area contributed by atoms with Gasteiger partial charge in [0, 0.05) is 11.1 Å². The van der Waals surface area contributed by atoms with Gasteiger partial charge in [-0.1, -0.05) is 24.3 Å². The van der Waals surface area contributed by atoms with Gasteiger partial charge in [0.2, 0.25) is 0 Å². The fraction of sp³-hybridized carbons (Fsp3) is 0.0625. The van der Waals surface area contributed by atoms with Gasteiger partial charge < -0.3 is 15.6 Å². The number of urea groups is 1. The molecule has 0 radical (unpaired) electrons. The Labute approximate surface area is 132 Å². The van der Waals surface area contributed by atoms with E-state index in [4.69, 9.17) is 5.73 Å². The summed E-state index contributed by atoms with van der Waals surface area (Å²) < 4.78 is 4.68. The topological polar surface area (TPSA) is 114 Å². The minimum atomic E-state index is -0.803. The molecule has 0 aliphatic carbocycles. The first-order valence-electron chi connectivity index (χ1n) is 6.62. The van der Waals surface area contributed by atoms with E-state index in [1.807, 2.05) is 5.43 Å². The number of esters is 1. The number of benzene rings is 2. The Hall–Kier alpha value is -3.35. The van der Waals surface area contributed by atoms with Crippen LogP contribution in [0.2, 0.25) is 0 Å². The molecule has 0 aliphatic heterocycles. The SMILES string of the molecule is COC(=O)c1cccc(-c2cccc(C=NNC(N)=O)c2O)c1. The first kappa shape index (κ1) is 16.0. The summed E-state index contributed by atoms with van der Waals surface area (Å²) in [4.78, 5) is 22.2. The summed E-state index contributed by atoms with van der Waals surface area (Å²) >= 11 is 0. The number of phenolic OH excluding ortho intramolecular Hbond substituents is 1. The quantitative estimate of drug-likeness (QED) is 0.454. The molecule has 0 spiro atoms. The van der Waals surface area contributed by atoms with E-state index in [-0.39, 0.29) is 5.75 Å². The zero-order valence-corrected chi connectivity index (χ0v) is 12.3. The number of phenols is 1. The number of nitrogens with zero attached hydrogens (tertiary/aromatic N) is 1. The van der Waals surface area contributed by atoms with Gasteiger partial charge in [0.05, 0.1) is 18.9 Å². The highest BCUT2D eigenvalue weighted by Crippen LogP contribution is 2.31. The van der Waals surface area contributed by atoms with Crippen molar-refractivity contribution in [3.8, 4) is 16.9 Å². The predicted molar refractivity (Wildman–Crippen MR) is 85.2 cm³/mol. The highest BCUT2D eigenvalue weighted by atomic mass is 16.5. The zero-order chi connectivity index (χ0) is 16.8. The molecule has 0 aromatic heterocycles. The van der Waals surface area contributed by atoms with E-state index in [1.54, 1.807) is 42.5 Å². The summed E-state index contributed by atoms with van der Waals surface area (Å²) in [5.74, 6) is -0.501. The summed E-state index contributed by atoms with van der Waals surface area (Å²) in [7, 11) is 1.30. The van der Waals surface area contributed by atoms with Crippen molar-refractivity contribution in [2.24, 2.45) is 10.8 Å². The van der Waals surface area contributed by atoms with Crippen LogP contribution in [-0.2, 0) is 4.74 Å². The average Bonchev–Trinajstić information content (AvgIpc) is 2.55. The van der Waals surface area contributed by atoms with Crippen LogP contribution in [0.15, 0.2) is 47.6 Å².